The number of carbonyl (C=O) groups is 2. The Kier molecular flexibility index (Phi) is 8.36. The maximum atomic E-state index is 10.9. The zero-order valence-corrected chi connectivity index (χ0v) is 12.2. The zero-order chi connectivity index (χ0) is 16.4. The third-order valence-electron chi connectivity index (χ3n) is 2.27. The molecular formula is C14H20O7. The number of esters is 2. The molecule has 7 heteroatoms. The molecule has 0 saturated heterocycles. The van der Waals surface area contributed by atoms with Crippen molar-refractivity contribution >= 4 is 11.9 Å². The minimum Gasteiger partial charge on any atom is -0.504 e. The van der Waals surface area contributed by atoms with Gasteiger partial charge in [0.05, 0.1) is 13.2 Å². The van der Waals surface area contributed by atoms with Crippen LogP contribution >= 0.6 is 0 Å². The molecule has 0 heterocycles. The van der Waals surface area contributed by atoms with Crippen molar-refractivity contribution in [3.8, 4) is 17.2 Å². The fourth-order valence-electron chi connectivity index (χ4n) is 1.15. The number of benzene rings is 1. The molecule has 1 aromatic rings. The lowest BCUT2D eigenvalue weighted by Gasteiger charge is -2.08. The first kappa shape index (κ1) is 18.6. The molecule has 0 aliphatic rings. The first-order valence-electron chi connectivity index (χ1n) is 6.38. The Bertz CT molecular complexity index is 432. The van der Waals surface area contributed by atoms with Crippen LogP contribution in [0.3, 0.4) is 0 Å². The van der Waals surface area contributed by atoms with Gasteiger partial charge in [-0.05, 0) is 32.9 Å². The van der Waals surface area contributed by atoms with Crippen molar-refractivity contribution in [2.24, 2.45) is 5.92 Å². The molecule has 0 atom stereocenters. The average molecular weight is 300 g/mol. The van der Waals surface area contributed by atoms with Gasteiger partial charge in [-0.15, -0.1) is 0 Å². The summed E-state index contributed by atoms with van der Waals surface area (Å²) in [5, 5.41) is 26.1. The molecule has 1 aromatic carbocycles. The van der Waals surface area contributed by atoms with Crippen molar-refractivity contribution in [3.63, 3.8) is 0 Å². The highest BCUT2D eigenvalue weighted by molar-refractivity contribution is 5.94. The Morgan fingerprint density at radius 1 is 1.00 bits per heavy atom. The lowest BCUT2D eigenvalue weighted by molar-refractivity contribution is -0.160. The molecule has 0 spiro atoms. The number of ether oxygens (including phenoxy) is 2. The van der Waals surface area contributed by atoms with Crippen LogP contribution in [-0.2, 0) is 19.1 Å². The van der Waals surface area contributed by atoms with Crippen LogP contribution in [0.1, 0.15) is 20.8 Å². The van der Waals surface area contributed by atoms with Crippen molar-refractivity contribution in [1.82, 2.24) is 0 Å². The second-order valence-electron chi connectivity index (χ2n) is 3.87. The van der Waals surface area contributed by atoms with Crippen LogP contribution in [0.5, 0.6) is 17.2 Å². The third-order valence-corrected chi connectivity index (χ3v) is 2.27. The zero-order valence-electron chi connectivity index (χ0n) is 12.2. The summed E-state index contributed by atoms with van der Waals surface area (Å²) in [4.78, 5) is 21.9. The van der Waals surface area contributed by atoms with Crippen LogP contribution in [0.15, 0.2) is 18.2 Å². The first-order valence-corrected chi connectivity index (χ1v) is 6.38. The number of para-hydroxylation sites is 1. The molecule has 21 heavy (non-hydrogen) atoms. The second kappa shape index (κ2) is 9.46. The highest BCUT2D eigenvalue weighted by Gasteiger charge is 2.23. The molecule has 1 rings (SSSR count). The normalized spacial score (nSPS) is 9.52. The lowest BCUT2D eigenvalue weighted by Crippen LogP contribution is -2.25. The van der Waals surface area contributed by atoms with Crippen molar-refractivity contribution in [1.29, 1.82) is 0 Å². The SMILES string of the molecule is CCOC(=O)C(C)C(=O)OCC.Oc1cccc(O)c1O. The molecule has 0 aliphatic carbocycles. The Morgan fingerprint density at radius 3 is 1.67 bits per heavy atom. The summed E-state index contributed by atoms with van der Waals surface area (Å²) in [5.74, 6) is -2.97. The molecule has 118 valence electrons. The maximum Gasteiger partial charge on any atom is 0.320 e. The summed E-state index contributed by atoms with van der Waals surface area (Å²) in [5.41, 5.74) is 0. The van der Waals surface area contributed by atoms with E-state index in [0.29, 0.717) is 0 Å². The summed E-state index contributed by atoms with van der Waals surface area (Å²) in [7, 11) is 0. The smallest absolute Gasteiger partial charge is 0.320 e. The quantitative estimate of drug-likeness (QED) is 0.439. The van der Waals surface area contributed by atoms with E-state index in [1.165, 1.54) is 25.1 Å². The van der Waals surface area contributed by atoms with E-state index in [1.54, 1.807) is 13.8 Å². The molecular weight excluding hydrogens is 280 g/mol. The Labute approximate surface area is 122 Å². The van der Waals surface area contributed by atoms with Crippen molar-refractivity contribution in [3.05, 3.63) is 18.2 Å². The maximum absolute atomic E-state index is 10.9. The molecule has 0 fully saturated rings. The number of hydrogen-bond acceptors (Lipinski definition) is 7. The third kappa shape index (κ3) is 6.51. The lowest BCUT2D eigenvalue weighted by atomic mass is 10.2. The summed E-state index contributed by atoms with van der Waals surface area (Å²) in [6.07, 6.45) is 0. The fraction of sp³-hybridized carbons (Fsp3) is 0.429. The van der Waals surface area contributed by atoms with Gasteiger partial charge in [0.15, 0.2) is 23.2 Å². The van der Waals surface area contributed by atoms with Gasteiger partial charge >= 0.3 is 11.9 Å². The van der Waals surface area contributed by atoms with Gasteiger partial charge in [-0.1, -0.05) is 6.07 Å². The predicted octanol–water partition coefficient (Wildman–Crippen LogP) is 1.55. The number of phenols is 3. The molecule has 0 aromatic heterocycles. The van der Waals surface area contributed by atoms with Crippen LogP contribution in [0, 0.1) is 5.92 Å². The van der Waals surface area contributed by atoms with E-state index in [9.17, 15) is 9.59 Å². The number of hydrogen-bond donors (Lipinski definition) is 3. The minimum atomic E-state index is -0.815. The van der Waals surface area contributed by atoms with Gasteiger partial charge in [-0.25, -0.2) is 0 Å². The molecule has 0 unspecified atom stereocenters. The van der Waals surface area contributed by atoms with Crippen LogP contribution in [0.2, 0.25) is 0 Å². The highest BCUT2D eigenvalue weighted by atomic mass is 16.6. The number of carbonyl (C=O) groups excluding carboxylic acids is 2. The monoisotopic (exact) mass is 300 g/mol. The van der Waals surface area contributed by atoms with Gasteiger partial charge in [0.2, 0.25) is 0 Å². The van der Waals surface area contributed by atoms with Gasteiger partial charge in [0.1, 0.15) is 0 Å². The Morgan fingerprint density at radius 2 is 1.38 bits per heavy atom. The van der Waals surface area contributed by atoms with E-state index in [1.807, 2.05) is 0 Å². The van der Waals surface area contributed by atoms with Crippen LogP contribution in [-0.4, -0.2) is 40.5 Å². The van der Waals surface area contributed by atoms with E-state index < -0.39 is 23.6 Å². The summed E-state index contributed by atoms with van der Waals surface area (Å²) >= 11 is 0. The van der Waals surface area contributed by atoms with E-state index >= 15 is 0 Å². The summed E-state index contributed by atoms with van der Waals surface area (Å²) in [6, 6.07) is 4.01. The largest absolute Gasteiger partial charge is 0.504 e. The van der Waals surface area contributed by atoms with Gasteiger partial charge < -0.3 is 24.8 Å². The molecule has 7 nitrogen and oxygen atoms in total. The molecule has 0 saturated carbocycles. The van der Waals surface area contributed by atoms with Crippen molar-refractivity contribution in [2.45, 2.75) is 20.8 Å². The van der Waals surface area contributed by atoms with Crippen LogP contribution in [0.4, 0.5) is 0 Å². The van der Waals surface area contributed by atoms with Crippen molar-refractivity contribution < 1.29 is 34.4 Å². The Balaban J connectivity index is 0.000000394. The first-order chi connectivity index (χ1) is 9.84. The average Bonchev–Trinajstić information content (AvgIpc) is 2.45. The van der Waals surface area contributed by atoms with E-state index in [-0.39, 0.29) is 24.7 Å². The van der Waals surface area contributed by atoms with Gasteiger partial charge in [-0.2, -0.15) is 0 Å². The van der Waals surface area contributed by atoms with Crippen LogP contribution < -0.4 is 0 Å². The van der Waals surface area contributed by atoms with Gasteiger partial charge in [0, 0.05) is 0 Å². The summed E-state index contributed by atoms with van der Waals surface area (Å²) in [6.45, 7) is 5.41. The second-order valence-corrected chi connectivity index (χ2v) is 3.87. The summed E-state index contributed by atoms with van der Waals surface area (Å²) < 4.78 is 9.26. The van der Waals surface area contributed by atoms with Crippen molar-refractivity contribution in [2.75, 3.05) is 13.2 Å². The molecule has 0 radical (unpaired) electrons. The van der Waals surface area contributed by atoms with Gasteiger partial charge in [-0.3, -0.25) is 9.59 Å². The van der Waals surface area contributed by atoms with E-state index in [4.69, 9.17) is 15.3 Å². The van der Waals surface area contributed by atoms with Crippen LogP contribution in [0.25, 0.3) is 0 Å². The minimum absolute atomic E-state index is 0.280. The van der Waals surface area contributed by atoms with E-state index in [0.717, 1.165) is 0 Å². The molecule has 3 N–H and O–H groups in total. The fourth-order valence-corrected chi connectivity index (χ4v) is 1.15. The number of phenolic OH excluding ortho intramolecular Hbond substituents is 3. The number of rotatable bonds is 4. The topological polar surface area (TPSA) is 113 Å². The Hall–Kier alpha value is -2.44. The predicted molar refractivity (Wildman–Crippen MR) is 73.9 cm³/mol. The molecule has 0 amide bonds. The highest BCUT2D eigenvalue weighted by Crippen LogP contribution is 2.32. The standard InChI is InChI=1S/C8H14O4.C6H6O3/c1-4-11-7(9)6(3)8(10)12-5-2;7-4-2-1-3-5(8)6(4)9/h6H,4-5H2,1-3H3;1-3,7-9H. The molecule has 0 bridgehead atoms. The van der Waals surface area contributed by atoms with Gasteiger partial charge in [0.25, 0.3) is 0 Å². The number of aromatic hydroxyl groups is 3. The van der Waals surface area contributed by atoms with E-state index in [2.05, 4.69) is 9.47 Å². The molecule has 0 aliphatic heterocycles.